The van der Waals surface area contributed by atoms with Gasteiger partial charge in [-0.3, -0.25) is 10.2 Å². The van der Waals surface area contributed by atoms with Crippen molar-refractivity contribution in [2.45, 2.75) is 156 Å². The topological polar surface area (TPSA) is 98.9 Å². The molecule has 1 amide bonds. The van der Waals surface area contributed by atoms with Crippen LogP contribution in [0.2, 0.25) is 0 Å². The van der Waals surface area contributed by atoms with Gasteiger partial charge in [-0.15, -0.1) is 0 Å². The first-order chi connectivity index (χ1) is 17.7. The minimum absolute atomic E-state index is 0. The standard InChI is InChI=1S/C17H27N3O2.C12H19N3.2CH4/c1-11-9-14-13(10-20(11)16(21)22-17(2,3)4)15(19-18-14)12-7-5-6-8-12;1-8-6-11-10(7-13-8)12(15-14-11)9-4-2-3-5-9;;/h11-12H,5-10H2,1-4H3,(H,18,19);8-9,13H,2-7H2,1H3,(H,14,15);2*1H4/t11-;8-;;/m00../s1. The number of hydrogen-bond acceptors (Lipinski definition) is 5. The van der Waals surface area contributed by atoms with Crippen molar-refractivity contribution in [3.05, 3.63) is 33.9 Å². The summed E-state index contributed by atoms with van der Waals surface area (Å²) in [5.41, 5.74) is 7.38. The summed E-state index contributed by atoms with van der Waals surface area (Å²) in [4.78, 5) is 14.3. The molecule has 8 heteroatoms. The molecule has 4 aliphatic rings. The summed E-state index contributed by atoms with van der Waals surface area (Å²) in [6.45, 7) is 11.7. The van der Waals surface area contributed by atoms with E-state index in [0.717, 1.165) is 25.3 Å². The SMILES string of the molecule is C.C.C[C@H]1Cc2[nH]nc(C3CCCC3)c2CN1.C[C@H]1Cc2[nH]nc(C3CCCC3)c2CN1C(=O)OC(C)(C)C. The highest BCUT2D eigenvalue weighted by atomic mass is 16.6. The largest absolute Gasteiger partial charge is 0.444 e. The second kappa shape index (κ2) is 12.9. The Morgan fingerprint density at radius 1 is 0.846 bits per heavy atom. The van der Waals surface area contributed by atoms with Crippen molar-refractivity contribution < 1.29 is 9.53 Å². The Kier molecular flexibility index (Phi) is 10.3. The number of carbonyl (C=O) groups excluding carboxylic acids is 1. The van der Waals surface area contributed by atoms with Crippen LogP contribution in [0.3, 0.4) is 0 Å². The highest BCUT2D eigenvalue weighted by molar-refractivity contribution is 5.69. The number of nitrogens with one attached hydrogen (secondary N) is 3. The van der Waals surface area contributed by atoms with Crippen LogP contribution in [-0.4, -0.2) is 49.1 Å². The predicted octanol–water partition coefficient (Wildman–Crippen LogP) is 7.12. The lowest BCUT2D eigenvalue weighted by Gasteiger charge is -2.35. The maximum Gasteiger partial charge on any atom is 0.410 e. The molecule has 4 heterocycles. The summed E-state index contributed by atoms with van der Waals surface area (Å²) in [5, 5.41) is 19.1. The van der Waals surface area contributed by atoms with Gasteiger partial charge in [0.2, 0.25) is 0 Å². The molecule has 2 aromatic heterocycles. The normalized spacial score (nSPS) is 23.2. The lowest BCUT2D eigenvalue weighted by atomic mass is 9.94. The van der Waals surface area contributed by atoms with E-state index < -0.39 is 5.60 Å². The van der Waals surface area contributed by atoms with Gasteiger partial charge >= 0.3 is 6.09 Å². The molecule has 0 saturated heterocycles. The monoisotopic (exact) mass is 542 g/mol. The maximum atomic E-state index is 12.5. The van der Waals surface area contributed by atoms with Crippen molar-refractivity contribution in [1.29, 1.82) is 0 Å². The summed E-state index contributed by atoms with van der Waals surface area (Å²) < 4.78 is 5.56. The van der Waals surface area contributed by atoms with Gasteiger partial charge < -0.3 is 15.0 Å². The Morgan fingerprint density at radius 2 is 1.36 bits per heavy atom. The average molecular weight is 543 g/mol. The Hall–Kier alpha value is -2.35. The Bertz CT molecular complexity index is 1070. The van der Waals surface area contributed by atoms with Gasteiger partial charge in [0.15, 0.2) is 0 Å². The molecule has 2 fully saturated rings. The van der Waals surface area contributed by atoms with Gasteiger partial charge in [0.1, 0.15) is 5.60 Å². The van der Waals surface area contributed by atoms with Crippen LogP contribution >= 0.6 is 0 Å². The van der Waals surface area contributed by atoms with Crippen molar-refractivity contribution in [2.24, 2.45) is 0 Å². The molecule has 0 aromatic carbocycles. The first kappa shape index (κ1) is 31.2. The van der Waals surface area contributed by atoms with Crippen molar-refractivity contribution in [1.82, 2.24) is 30.6 Å². The molecule has 2 saturated carbocycles. The summed E-state index contributed by atoms with van der Waals surface area (Å²) in [6, 6.07) is 0.730. The van der Waals surface area contributed by atoms with Crippen LogP contribution in [0.1, 0.15) is 147 Å². The molecule has 6 rings (SSSR count). The van der Waals surface area contributed by atoms with E-state index in [1.54, 1.807) is 0 Å². The van der Waals surface area contributed by atoms with Crippen molar-refractivity contribution in [2.75, 3.05) is 0 Å². The number of amides is 1. The third-order valence-corrected chi connectivity index (χ3v) is 8.58. The highest BCUT2D eigenvalue weighted by Crippen LogP contribution is 2.38. The lowest BCUT2D eigenvalue weighted by molar-refractivity contribution is 0.0137. The molecular weight excluding hydrogens is 488 g/mol. The smallest absolute Gasteiger partial charge is 0.410 e. The number of hydrogen-bond donors (Lipinski definition) is 3. The molecule has 8 nitrogen and oxygen atoms in total. The molecule has 0 radical (unpaired) electrons. The third-order valence-electron chi connectivity index (χ3n) is 8.58. The molecule has 2 atom stereocenters. The fourth-order valence-corrected chi connectivity index (χ4v) is 6.57. The van der Waals surface area contributed by atoms with E-state index in [1.165, 1.54) is 85.3 Å². The number of nitrogens with zero attached hydrogens (tertiary/aromatic N) is 3. The lowest BCUT2D eigenvalue weighted by Crippen LogP contribution is -2.45. The number of aromatic nitrogens is 4. The zero-order chi connectivity index (χ0) is 26.2. The molecule has 2 aliphatic carbocycles. The fourth-order valence-electron chi connectivity index (χ4n) is 6.57. The van der Waals surface area contributed by atoms with E-state index in [2.05, 4.69) is 39.6 Å². The molecule has 2 aliphatic heterocycles. The summed E-state index contributed by atoms with van der Waals surface area (Å²) in [7, 11) is 0. The number of rotatable bonds is 2. The number of carbonyl (C=O) groups is 1. The summed E-state index contributed by atoms with van der Waals surface area (Å²) in [6.07, 6.45) is 12.2. The summed E-state index contributed by atoms with van der Waals surface area (Å²) in [5.74, 6) is 1.30. The van der Waals surface area contributed by atoms with Crippen molar-refractivity contribution in [3.63, 3.8) is 0 Å². The van der Waals surface area contributed by atoms with E-state index in [9.17, 15) is 4.79 Å². The van der Waals surface area contributed by atoms with Crippen molar-refractivity contribution >= 4 is 6.09 Å². The second-order valence-electron chi connectivity index (χ2n) is 12.7. The summed E-state index contributed by atoms with van der Waals surface area (Å²) >= 11 is 0. The molecular formula is C31H54N6O2. The Balaban J connectivity index is 0.000000217. The van der Waals surface area contributed by atoms with Crippen LogP contribution in [0.4, 0.5) is 4.79 Å². The maximum absolute atomic E-state index is 12.5. The number of ether oxygens (including phenoxy) is 1. The molecule has 0 unspecified atom stereocenters. The Morgan fingerprint density at radius 3 is 1.90 bits per heavy atom. The predicted molar refractivity (Wildman–Crippen MR) is 158 cm³/mol. The minimum Gasteiger partial charge on any atom is -0.444 e. The van der Waals surface area contributed by atoms with E-state index in [0.29, 0.717) is 18.5 Å². The van der Waals surface area contributed by atoms with Crippen LogP contribution in [0.15, 0.2) is 0 Å². The van der Waals surface area contributed by atoms with Crippen LogP contribution in [0.25, 0.3) is 0 Å². The third kappa shape index (κ3) is 7.05. The van der Waals surface area contributed by atoms with Crippen molar-refractivity contribution in [3.8, 4) is 0 Å². The quantitative estimate of drug-likeness (QED) is 0.375. The molecule has 2 aromatic rings. The van der Waals surface area contributed by atoms with Gasteiger partial charge in [0, 0.05) is 65.8 Å². The van der Waals surface area contributed by atoms with Gasteiger partial charge in [0.25, 0.3) is 0 Å². The fraction of sp³-hybridized carbons (Fsp3) is 0.774. The number of fused-ring (bicyclic) bond motifs is 2. The number of aromatic amines is 2. The van der Waals surface area contributed by atoms with Crippen LogP contribution in [0, 0.1) is 0 Å². The van der Waals surface area contributed by atoms with E-state index >= 15 is 0 Å². The first-order valence-electron chi connectivity index (χ1n) is 14.5. The van der Waals surface area contributed by atoms with E-state index in [1.807, 2.05) is 25.7 Å². The molecule has 3 N–H and O–H groups in total. The second-order valence-corrected chi connectivity index (χ2v) is 12.7. The van der Waals surface area contributed by atoms with Gasteiger partial charge in [-0.05, 0) is 60.3 Å². The van der Waals surface area contributed by atoms with Gasteiger partial charge in [0.05, 0.1) is 17.9 Å². The minimum atomic E-state index is -0.457. The number of H-pyrrole nitrogens is 2. The molecule has 0 bridgehead atoms. The first-order valence-corrected chi connectivity index (χ1v) is 14.5. The van der Waals surface area contributed by atoms with Gasteiger partial charge in [-0.2, -0.15) is 10.2 Å². The average Bonchev–Trinajstić information content (AvgIpc) is 3.63. The Labute approximate surface area is 236 Å². The zero-order valence-electron chi connectivity index (χ0n) is 23.5. The zero-order valence-corrected chi connectivity index (χ0v) is 23.5. The molecule has 39 heavy (non-hydrogen) atoms. The van der Waals surface area contributed by atoms with E-state index in [4.69, 9.17) is 4.74 Å². The van der Waals surface area contributed by atoms with E-state index in [-0.39, 0.29) is 27.0 Å². The van der Waals surface area contributed by atoms with Crippen LogP contribution < -0.4 is 5.32 Å². The van der Waals surface area contributed by atoms with Crippen LogP contribution in [-0.2, 0) is 30.7 Å². The molecule has 0 spiro atoms. The molecule has 220 valence electrons. The van der Waals surface area contributed by atoms with Crippen LogP contribution in [0.5, 0.6) is 0 Å². The highest BCUT2D eigenvalue weighted by Gasteiger charge is 2.35. The van der Waals surface area contributed by atoms with Gasteiger partial charge in [-0.25, -0.2) is 4.79 Å². The van der Waals surface area contributed by atoms with Gasteiger partial charge in [-0.1, -0.05) is 40.5 Å².